The molecule has 1 aliphatic carbocycles. The monoisotopic (exact) mass is 275 g/mol. The molecule has 0 radical (unpaired) electrons. The quantitative estimate of drug-likeness (QED) is 0.449. The minimum absolute atomic E-state index is 0.00643. The molecule has 110 valence electrons. The van der Waals surface area contributed by atoms with Crippen LogP contribution in [-0.4, -0.2) is 39.6 Å². The van der Waals surface area contributed by atoms with Crippen LogP contribution in [0.15, 0.2) is 10.5 Å². The molecule has 1 fully saturated rings. The van der Waals surface area contributed by atoms with E-state index in [4.69, 9.17) is 9.94 Å². The van der Waals surface area contributed by atoms with Crippen LogP contribution >= 0.6 is 0 Å². The van der Waals surface area contributed by atoms with Crippen LogP contribution in [0, 0.1) is 10.6 Å². The highest BCUT2D eigenvalue weighted by Crippen LogP contribution is 2.34. The molecule has 1 saturated carbocycles. The first-order valence-electron chi connectivity index (χ1n) is 6.12. The summed E-state index contributed by atoms with van der Waals surface area (Å²) < 4.78 is 0. The fraction of sp³-hybridized carbons (Fsp3) is 0.909. The van der Waals surface area contributed by atoms with Gasteiger partial charge < -0.3 is 25.4 Å². The number of hydrogen-bond donors (Lipinski definition) is 1. The van der Waals surface area contributed by atoms with Gasteiger partial charge in [-0.2, -0.15) is 0 Å². The van der Waals surface area contributed by atoms with Gasteiger partial charge in [-0.25, -0.2) is 0 Å². The maximum atomic E-state index is 11.4. The maximum Gasteiger partial charge on any atom is 0.563 e. The summed E-state index contributed by atoms with van der Waals surface area (Å²) in [6.07, 6.45) is -0.119. The molecule has 3 N–H and O–H groups in total. The molecule has 0 aromatic carbocycles. The second kappa shape index (κ2) is 5.70. The van der Waals surface area contributed by atoms with Crippen molar-refractivity contribution in [3.05, 3.63) is 5.21 Å². The molecular formula is C11H21N3O5. The lowest BCUT2D eigenvalue weighted by Gasteiger charge is -2.30. The third kappa shape index (κ3) is 4.64. The van der Waals surface area contributed by atoms with E-state index >= 15 is 0 Å². The molecule has 8 heteroatoms. The summed E-state index contributed by atoms with van der Waals surface area (Å²) in [6, 6.07) is 0. The van der Waals surface area contributed by atoms with E-state index in [1.54, 1.807) is 0 Å². The zero-order valence-electron chi connectivity index (χ0n) is 11.4. The fourth-order valence-electron chi connectivity index (χ4n) is 1.89. The number of aliphatic hydroxyl groups is 1. The minimum Gasteiger partial charge on any atom is -0.740 e. The molecule has 0 aromatic rings. The van der Waals surface area contributed by atoms with Crippen molar-refractivity contribution in [1.82, 2.24) is 5.17 Å². The van der Waals surface area contributed by atoms with Crippen LogP contribution in [0.3, 0.4) is 0 Å². The number of aliphatic hydroxyl groups excluding tert-OH is 1. The Labute approximate surface area is 111 Å². The molecule has 8 nitrogen and oxygen atoms in total. The van der Waals surface area contributed by atoms with E-state index in [9.17, 15) is 15.1 Å². The first kappa shape index (κ1) is 15.6. The zero-order chi connectivity index (χ0) is 14.7. The molecule has 1 rings (SSSR count). The van der Waals surface area contributed by atoms with E-state index in [1.807, 2.05) is 20.8 Å². The highest BCUT2D eigenvalue weighted by Gasteiger charge is 2.54. The van der Waals surface area contributed by atoms with Crippen LogP contribution in [-0.2, 0) is 9.63 Å². The normalized spacial score (nSPS) is 27.7. The van der Waals surface area contributed by atoms with E-state index in [0.717, 1.165) is 0 Å². The minimum atomic E-state index is -1.47. The highest BCUT2D eigenvalue weighted by atomic mass is 16.7. The Morgan fingerprint density at radius 2 is 2.26 bits per heavy atom. The topological polar surface area (TPSA) is 120 Å². The standard InChI is InChI=1S/C11H20N3O5/c1-10(2,3)7-14(18)12-13-19-11(9(16)17)5-4-8(15)6-11/h8,15H,4-7H2,1-3H3,(H,16,17)/q-1/p+1/b13-12+. The first-order valence-corrected chi connectivity index (χ1v) is 6.12. The van der Waals surface area contributed by atoms with Crippen molar-refractivity contribution >= 4 is 5.97 Å². The van der Waals surface area contributed by atoms with Gasteiger partial charge in [-0.05, 0) is 17.1 Å². The molecule has 0 heterocycles. The van der Waals surface area contributed by atoms with Crippen molar-refractivity contribution in [3.63, 3.8) is 0 Å². The molecule has 1 aliphatic rings. The SMILES string of the molecule is CC(C)(C)CN([O-])/N=N/OC1(C(=O)[OH2+])CCC(O)C1. The Kier molecular flexibility index (Phi) is 4.70. The number of carbonyl (C=O) groups is 1. The lowest BCUT2D eigenvalue weighted by molar-refractivity contribution is -0.168. The molecule has 0 aliphatic heterocycles. The summed E-state index contributed by atoms with van der Waals surface area (Å²) in [7, 11) is 0. The van der Waals surface area contributed by atoms with E-state index in [0.29, 0.717) is 11.6 Å². The van der Waals surface area contributed by atoms with Crippen LogP contribution in [0.1, 0.15) is 40.0 Å². The Balaban J connectivity index is 2.56. The largest absolute Gasteiger partial charge is 0.740 e. The number of hydrogen-bond acceptors (Lipinski definition) is 6. The van der Waals surface area contributed by atoms with Crippen molar-refractivity contribution in [1.29, 1.82) is 0 Å². The van der Waals surface area contributed by atoms with Crippen LogP contribution in [0.25, 0.3) is 0 Å². The Morgan fingerprint density at radius 3 is 2.68 bits per heavy atom. The lowest BCUT2D eigenvalue weighted by atomic mass is 9.97. The van der Waals surface area contributed by atoms with Gasteiger partial charge in [0.25, 0.3) is 5.60 Å². The smallest absolute Gasteiger partial charge is 0.563 e. The predicted octanol–water partition coefficient (Wildman–Crippen LogP) is 0.666. The first-order chi connectivity index (χ1) is 8.65. The van der Waals surface area contributed by atoms with Gasteiger partial charge in [0.1, 0.15) is 0 Å². The second-order valence-electron chi connectivity index (χ2n) is 6.05. The second-order valence-corrected chi connectivity index (χ2v) is 6.05. The molecule has 0 saturated heterocycles. The Morgan fingerprint density at radius 1 is 1.63 bits per heavy atom. The molecule has 0 amide bonds. The van der Waals surface area contributed by atoms with Crippen LogP contribution in [0.2, 0.25) is 0 Å². The number of nitrogens with zero attached hydrogens (tertiary/aromatic N) is 3. The van der Waals surface area contributed by atoms with Crippen molar-refractivity contribution in [2.45, 2.75) is 51.7 Å². The van der Waals surface area contributed by atoms with E-state index in [2.05, 4.69) is 10.5 Å². The van der Waals surface area contributed by atoms with Gasteiger partial charge in [-0.1, -0.05) is 20.8 Å². The summed E-state index contributed by atoms with van der Waals surface area (Å²) >= 11 is 0. The van der Waals surface area contributed by atoms with Gasteiger partial charge in [0.05, 0.1) is 6.10 Å². The summed E-state index contributed by atoms with van der Waals surface area (Å²) in [5.41, 5.74) is -1.71. The van der Waals surface area contributed by atoms with Gasteiger partial charge in [0, 0.05) is 29.5 Å². The molecule has 19 heavy (non-hydrogen) atoms. The lowest BCUT2D eigenvalue weighted by Crippen LogP contribution is -2.38. The zero-order valence-corrected chi connectivity index (χ0v) is 11.4. The van der Waals surface area contributed by atoms with Crippen LogP contribution in [0.5, 0.6) is 0 Å². The fourth-order valence-corrected chi connectivity index (χ4v) is 1.89. The molecule has 0 aromatic heterocycles. The molecule has 2 unspecified atom stereocenters. The molecule has 2 atom stereocenters. The van der Waals surface area contributed by atoms with E-state index < -0.39 is 17.7 Å². The van der Waals surface area contributed by atoms with Gasteiger partial charge in [-0.15, -0.1) is 0 Å². The number of carbonyl (C=O) groups excluding carboxylic acids is 1. The van der Waals surface area contributed by atoms with Crippen LogP contribution in [0.4, 0.5) is 0 Å². The van der Waals surface area contributed by atoms with Gasteiger partial charge >= 0.3 is 5.97 Å². The Bertz CT molecular complexity index is 355. The average molecular weight is 275 g/mol. The maximum absolute atomic E-state index is 11.4. The third-order valence-corrected chi connectivity index (χ3v) is 2.82. The summed E-state index contributed by atoms with van der Waals surface area (Å²) in [6.45, 7) is 5.74. The van der Waals surface area contributed by atoms with Crippen molar-refractivity contribution in [2.75, 3.05) is 6.54 Å². The Hall–Kier alpha value is -1.41. The molecule has 0 bridgehead atoms. The van der Waals surface area contributed by atoms with Crippen molar-refractivity contribution in [3.8, 4) is 0 Å². The number of hydroxylamine groups is 1. The number of rotatable bonds is 5. The molecule has 0 spiro atoms. The summed E-state index contributed by atoms with van der Waals surface area (Å²) in [4.78, 5) is 16.2. The average Bonchev–Trinajstić information content (AvgIpc) is 2.58. The highest BCUT2D eigenvalue weighted by molar-refractivity contribution is 5.78. The van der Waals surface area contributed by atoms with E-state index in [-0.39, 0.29) is 24.8 Å². The molecular weight excluding hydrogens is 254 g/mol. The summed E-state index contributed by atoms with van der Waals surface area (Å²) in [5.74, 6) is -0.962. The van der Waals surface area contributed by atoms with Gasteiger partial charge in [-0.3, -0.25) is 0 Å². The van der Waals surface area contributed by atoms with Crippen molar-refractivity contribution in [2.24, 2.45) is 15.9 Å². The van der Waals surface area contributed by atoms with Crippen molar-refractivity contribution < 1.29 is 19.8 Å². The van der Waals surface area contributed by atoms with Gasteiger partial charge in [0.15, 0.2) is 0 Å². The predicted molar refractivity (Wildman–Crippen MR) is 66.7 cm³/mol. The third-order valence-electron chi connectivity index (χ3n) is 2.82. The van der Waals surface area contributed by atoms with E-state index in [1.165, 1.54) is 0 Å². The van der Waals surface area contributed by atoms with Crippen LogP contribution < -0.4 is 0 Å². The van der Waals surface area contributed by atoms with Gasteiger partial charge in [0.2, 0.25) is 0 Å². The summed E-state index contributed by atoms with van der Waals surface area (Å²) in [5, 5.41) is 34.9.